The minimum Gasteiger partial charge on any atom is -0.494 e. The number of aromatic nitrogens is 3. The molecule has 1 amide bonds. The summed E-state index contributed by atoms with van der Waals surface area (Å²) in [6.07, 6.45) is 0. The van der Waals surface area contributed by atoms with E-state index in [1.54, 1.807) is 7.11 Å². The minimum absolute atomic E-state index is 0.0645. The summed E-state index contributed by atoms with van der Waals surface area (Å²) in [5.41, 5.74) is 4.36. The lowest BCUT2D eigenvalue weighted by Gasteiger charge is -2.32. The van der Waals surface area contributed by atoms with E-state index in [0.29, 0.717) is 24.9 Å². The van der Waals surface area contributed by atoms with Gasteiger partial charge < -0.3 is 20.2 Å². The summed E-state index contributed by atoms with van der Waals surface area (Å²) < 4.78 is 12.3. The van der Waals surface area contributed by atoms with Crippen molar-refractivity contribution in [3.8, 4) is 5.75 Å². The Morgan fingerprint density at radius 1 is 1.35 bits per heavy atom. The maximum atomic E-state index is 12.7. The summed E-state index contributed by atoms with van der Waals surface area (Å²) in [5, 5.41) is 11.5. The van der Waals surface area contributed by atoms with Crippen molar-refractivity contribution in [1.29, 1.82) is 0 Å². The van der Waals surface area contributed by atoms with Crippen LogP contribution in [0, 0.1) is 6.92 Å². The first-order valence-electron chi connectivity index (χ1n) is 8.48. The second kappa shape index (κ2) is 8.41. The zero-order valence-corrected chi connectivity index (χ0v) is 15.9. The Balaban J connectivity index is 1.85. The quantitative estimate of drug-likeness (QED) is 0.707. The monoisotopic (exact) mass is 377 g/mol. The number of benzene rings is 1. The van der Waals surface area contributed by atoms with Crippen molar-refractivity contribution < 1.29 is 14.3 Å². The van der Waals surface area contributed by atoms with E-state index in [-0.39, 0.29) is 17.2 Å². The van der Waals surface area contributed by atoms with Gasteiger partial charge in [0.15, 0.2) is 0 Å². The van der Waals surface area contributed by atoms with Crippen LogP contribution in [0.25, 0.3) is 0 Å². The molecule has 140 valence electrons. The van der Waals surface area contributed by atoms with Gasteiger partial charge in [-0.05, 0) is 31.5 Å². The van der Waals surface area contributed by atoms with Gasteiger partial charge in [-0.15, -0.1) is 10.2 Å². The number of nitrogens with zero attached hydrogens (tertiary/aromatic N) is 3. The molecule has 26 heavy (non-hydrogen) atoms. The standard InChI is InChI=1S/C17H23N5O3S/c1-4-25-13-7-5-12(6-8-13)14-15(16(23)18-9-10-24-3)26-17-20-19-11(2)22(17)21-14/h5-8,14-15,21H,4,9-10H2,1-3H3,(H,18,23)/t14-,15-/m1/s1. The smallest absolute Gasteiger partial charge is 0.236 e. The number of carbonyl (C=O) groups is 1. The average molecular weight is 377 g/mol. The van der Waals surface area contributed by atoms with Crippen LogP contribution >= 0.6 is 11.8 Å². The fourth-order valence-corrected chi connectivity index (χ4v) is 3.88. The van der Waals surface area contributed by atoms with Crippen molar-refractivity contribution in [2.45, 2.75) is 30.3 Å². The van der Waals surface area contributed by atoms with Crippen molar-refractivity contribution in [2.75, 3.05) is 32.3 Å². The largest absolute Gasteiger partial charge is 0.494 e. The Bertz CT molecular complexity index is 749. The van der Waals surface area contributed by atoms with Gasteiger partial charge in [-0.3, -0.25) is 4.79 Å². The maximum Gasteiger partial charge on any atom is 0.236 e. The van der Waals surface area contributed by atoms with Crippen LogP contribution in [-0.4, -0.2) is 52.9 Å². The molecule has 0 spiro atoms. The minimum atomic E-state index is -0.374. The van der Waals surface area contributed by atoms with E-state index >= 15 is 0 Å². The fourth-order valence-electron chi connectivity index (χ4n) is 2.73. The third-order valence-electron chi connectivity index (χ3n) is 4.01. The van der Waals surface area contributed by atoms with Gasteiger partial charge >= 0.3 is 0 Å². The molecule has 0 fully saturated rings. The molecule has 0 saturated carbocycles. The molecular formula is C17H23N5O3S. The van der Waals surface area contributed by atoms with Gasteiger partial charge in [0.1, 0.15) is 16.8 Å². The molecular weight excluding hydrogens is 354 g/mol. The number of ether oxygens (including phenoxy) is 2. The van der Waals surface area contributed by atoms with E-state index in [2.05, 4.69) is 20.9 Å². The van der Waals surface area contributed by atoms with Gasteiger partial charge in [-0.25, -0.2) is 4.68 Å². The summed E-state index contributed by atoms with van der Waals surface area (Å²) in [6, 6.07) is 7.56. The first-order chi connectivity index (χ1) is 12.6. The number of rotatable bonds is 7. The maximum absolute atomic E-state index is 12.7. The molecule has 2 aromatic rings. The van der Waals surface area contributed by atoms with Crippen LogP contribution in [0.4, 0.5) is 0 Å². The zero-order chi connectivity index (χ0) is 18.5. The molecule has 9 heteroatoms. The summed E-state index contributed by atoms with van der Waals surface area (Å²) in [5.74, 6) is 1.49. The lowest BCUT2D eigenvalue weighted by molar-refractivity contribution is -0.121. The summed E-state index contributed by atoms with van der Waals surface area (Å²) >= 11 is 1.40. The van der Waals surface area contributed by atoms with Gasteiger partial charge in [-0.2, -0.15) is 0 Å². The Hall–Kier alpha value is -2.26. The van der Waals surface area contributed by atoms with Crippen LogP contribution in [0.3, 0.4) is 0 Å². The highest BCUT2D eigenvalue weighted by Crippen LogP contribution is 2.37. The van der Waals surface area contributed by atoms with Crippen LogP contribution in [-0.2, 0) is 9.53 Å². The number of methoxy groups -OCH3 is 1. The van der Waals surface area contributed by atoms with Crippen molar-refractivity contribution in [3.05, 3.63) is 35.7 Å². The molecule has 0 unspecified atom stereocenters. The molecule has 8 nitrogen and oxygen atoms in total. The van der Waals surface area contributed by atoms with E-state index in [1.165, 1.54) is 11.8 Å². The van der Waals surface area contributed by atoms with E-state index in [4.69, 9.17) is 9.47 Å². The number of nitrogens with one attached hydrogen (secondary N) is 2. The van der Waals surface area contributed by atoms with Gasteiger partial charge in [0.2, 0.25) is 11.1 Å². The van der Waals surface area contributed by atoms with Crippen molar-refractivity contribution in [3.63, 3.8) is 0 Å². The summed E-state index contributed by atoms with van der Waals surface area (Å²) in [7, 11) is 1.61. The highest BCUT2D eigenvalue weighted by Gasteiger charge is 2.37. The van der Waals surface area contributed by atoms with Crippen LogP contribution in [0.2, 0.25) is 0 Å². The van der Waals surface area contributed by atoms with E-state index in [9.17, 15) is 4.79 Å². The molecule has 2 heterocycles. The molecule has 1 aliphatic rings. The topological polar surface area (TPSA) is 90.3 Å². The van der Waals surface area contributed by atoms with Gasteiger partial charge in [0, 0.05) is 13.7 Å². The molecule has 0 bridgehead atoms. The predicted molar refractivity (Wildman–Crippen MR) is 99.0 cm³/mol. The predicted octanol–water partition coefficient (Wildman–Crippen LogP) is 1.51. The number of thioether (sulfide) groups is 1. The number of fused-ring (bicyclic) bond motifs is 1. The molecule has 0 aliphatic carbocycles. The van der Waals surface area contributed by atoms with Gasteiger partial charge in [0.25, 0.3) is 0 Å². The number of aryl methyl sites for hydroxylation is 1. The molecule has 0 radical (unpaired) electrons. The van der Waals surface area contributed by atoms with Crippen LogP contribution in [0.15, 0.2) is 29.4 Å². The summed E-state index contributed by atoms with van der Waals surface area (Å²) in [6.45, 7) is 5.38. The number of carbonyl (C=O) groups excluding carboxylic acids is 1. The lowest BCUT2D eigenvalue weighted by Crippen LogP contribution is -2.44. The average Bonchev–Trinajstić information content (AvgIpc) is 3.02. The Morgan fingerprint density at radius 2 is 2.12 bits per heavy atom. The molecule has 1 aromatic carbocycles. The Morgan fingerprint density at radius 3 is 2.81 bits per heavy atom. The normalized spacial score (nSPS) is 18.7. The highest BCUT2D eigenvalue weighted by molar-refractivity contribution is 8.00. The van der Waals surface area contributed by atoms with Crippen LogP contribution in [0.5, 0.6) is 5.75 Å². The lowest BCUT2D eigenvalue weighted by atomic mass is 10.0. The zero-order valence-electron chi connectivity index (χ0n) is 15.1. The van der Waals surface area contributed by atoms with Crippen molar-refractivity contribution >= 4 is 17.7 Å². The van der Waals surface area contributed by atoms with Crippen molar-refractivity contribution in [2.24, 2.45) is 0 Å². The van der Waals surface area contributed by atoms with Gasteiger partial charge in [-0.1, -0.05) is 23.9 Å². The van der Waals surface area contributed by atoms with Gasteiger partial charge in [0.05, 0.1) is 19.3 Å². The number of hydrogen-bond acceptors (Lipinski definition) is 7. The number of amides is 1. The second-order valence-electron chi connectivity index (χ2n) is 5.80. The molecule has 3 rings (SSSR count). The second-order valence-corrected chi connectivity index (χ2v) is 6.91. The van der Waals surface area contributed by atoms with E-state index in [0.717, 1.165) is 17.1 Å². The third kappa shape index (κ3) is 3.94. The first kappa shape index (κ1) is 18.5. The Labute approximate surface area is 156 Å². The fraction of sp³-hybridized carbons (Fsp3) is 0.471. The Kier molecular flexibility index (Phi) is 6.00. The SMILES string of the molecule is CCOc1ccc([C@H]2Nn3c(C)nnc3S[C@H]2C(=O)NCCOC)cc1. The number of hydrogen-bond donors (Lipinski definition) is 2. The van der Waals surface area contributed by atoms with Crippen LogP contribution in [0.1, 0.15) is 24.4 Å². The van der Waals surface area contributed by atoms with Crippen molar-refractivity contribution in [1.82, 2.24) is 20.2 Å². The third-order valence-corrected chi connectivity index (χ3v) is 5.23. The van der Waals surface area contributed by atoms with Crippen LogP contribution < -0.4 is 15.5 Å². The molecule has 2 atom stereocenters. The van der Waals surface area contributed by atoms with E-state index < -0.39 is 0 Å². The highest BCUT2D eigenvalue weighted by atomic mass is 32.2. The molecule has 0 saturated heterocycles. The molecule has 1 aliphatic heterocycles. The molecule has 1 aromatic heterocycles. The molecule has 2 N–H and O–H groups in total. The first-order valence-corrected chi connectivity index (χ1v) is 9.36. The summed E-state index contributed by atoms with van der Waals surface area (Å²) in [4.78, 5) is 12.7. The van der Waals surface area contributed by atoms with E-state index in [1.807, 2.05) is 42.8 Å².